The van der Waals surface area contributed by atoms with Crippen molar-refractivity contribution in [3.8, 4) is 40.2 Å². The van der Waals surface area contributed by atoms with Crippen molar-refractivity contribution in [3.63, 3.8) is 0 Å². The summed E-state index contributed by atoms with van der Waals surface area (Å²) in [5.74, 6) is -0.184. The highest BCUT2D eigenvalue weighted by Gasteiger charge is 2.43. The van der Waals surface area contributed by atoms with Crippen LogP contribution >= 0.6 is 0 Å². The fraction of sp³-hybridized carbons (Fsp3) is 0.612. The van der Waals surface area contributed by atoms with E-state index in [9.17, 15) is 24.3 Å². The minimum Gasteiger partial charge on any atom is -0.490 e. The molecule has 0 fully saturated rings. The molecular weight excluding hydrogens is 1030 g/mol. The molecule has 1 N–H and O–H groups in total. The summed E-state index contributed by atoms with van der Waals surface area (Å²) in [4.78, 5) is 53.7. The van der Waals surface area contributed by atoms with Crippen molar-refractivity contribution in [2.45, 2.75) is 209 Å². The molecule has 3 rings (SSSR count). The summed E-state index contributed by atoms with van der Waals surface area (Å²) in [5.41, 5.74) is 0.510. The van der Waals surface area contributed by atoms with E-state index in [0.29, 0.717) is 91.3 Å². The number of rotatable bonds is 45. The van der Waals surface area contributed by atoms with E-state index in [0.717, 1.165) is 128 Å². The van der Waals surface area contributed by atoms with E-state index in [4.69, 9.17) is 42.6 Å². The first-order valence-electron chi connectivity index (χ1n) is 30.6. The Bertz CT molecular complexity index is 2320. The fourth-order valence-corrected chi connectivity index (χ4v) is 9.17. The molecular formula is C67H100O14. The van der Waals surface area contributed by atoms with E-state index >= 15 is 0 Å². The largest absolute Gasteiger partial charge is 0.490 e. The molecule has 0 radical (unpaired) electrons. The van der Waals surface area contributed by atoms with E-state index < -0.39 is 41.3 Å². The number of aliphatic hydroxyl groups is 1. The molecule has 0 bridgehead atoms. The molecule has 0 aliphatic rings. The second-order valence-electron chi connectivity index (χ2n) is 21.2. The molecule has 3 aromatic carbocycles. The second kappa shape index (κ2) is 41.0. The number of unbranched alkanes of at least 4 members (excludes halogenated alkanes) is 15. The van der Waals surface area contributed by atoms with Crippen molar-refractivity contribution in [2.75, 3.05) is 46.8 Å². The second-order valence-corrected chi connectivity index (χ2v) is 21.2. The number of hydrogen-bond donors (Lipinski definition) is 1. The lowest BCUT2D eigenvalue weighted by Gasteiger charge is -2.32. The van der Waals surface area contributed by atoms with E-state index in [1.165, 1.54) is 19.3 Å². The third-order valence-corrected chi connectivity index (χ3v) is 14.1. The maximum atomic E-state index is 14.1. The van der Waals surface area contributed by atoms with Gasteiger partial charge in [0.2, 0.25) is 5.75 Å². The highest BCUT2D eigenvalue weighted by molar-refractivity contribution is 5.91. The number of carbonyl (C=O) groups is 4. The Morgan fingerprint density at radius 3 is 1.32 bits per heavy atom. The van der Waals surface area contributed by atoms with Gasteiger partial charge in [-0.25, -0.2) is 9.59 Å². The molecule has 14 nitrogen and oxygen atoms in total. The van der Waals surface area contributed by atoms with Gasteiger partial charge in [-0.05, 0) is 114 Å². The van der Waals surface area contributed by atoms with Crippen LogP contribution in [0.15, 0.2) is 60.7 Å². The van der Waals surface area contributed by atoms with Crippen LogP contribution in [0.2, 0.25) is 0 Å². The summed E-state index contributed by atoms with van der Waals surface area (Å²) in [5, 5.41) is 9.98. The quantitative estimate of drug-likeness (QED) is 0.0245. The van der Waals surface area contributed by atoms with Crippen LogP contribution in [0.1, 0.15) is 226 Å². The first kappa shape index (κ1) is 69.2. The molecule has 0 heterocycles. The Hall–Kier alpha value is -6.02. The van der Waals surface area contributed by atoms with Gasteiger partial charge in [0.05, 0.1) is 51.5 Å². The van der Waals surface area contributed by atoms with Gasteiger partial charge in [0.25, 0.3) is 0 Å². The summed E-state index contributed by atoms with van der Waals surface area (Å²) >= 11 is 0. The van der Waals surface area contributed by atoms with Gasteiger partial charge in [0.1, 0.15) is 17.6 Å². The Kier molecular flexibility index (Phi) is 35.1. The molecule has 0 spiro atoms. The van der Waals surface area contributed by atoms with Gasteiger partial charge in [-0.3, -0.25) is 9.59 Å². The lowest BCUT2D eigenvalue weighted by molar-refractivity contribution is -0.171. The molecule has 14 heteroatoms. The number of aliphatic hydroxyl groups excluding tert-OH is 1. The number of esters is 4. The number of benzene rings is 3. The summed E-state index contributed by atoms with van der Waals surface area (Å²) in [6.45, 7) is 18.1. The lowest BCUT2D eigenvalue weighted by atomic mass is 9.77. The minimum atomic E-state index is -1.23. The van der Waals surface area contributed by atoms with Crippen LogP contribution in [0.3, 0.4) is 0 Å². The number of ether oxygens (including phenoxy) is 9. The average Bonchev–Trinajstić information content (AvgIpc) is 3.47. The van der Waals surface area contributed by atoms with E-state index in [1.54, 1.807) is 62.4 Å². The van der Waals surface area contributed by atoms with Gasteiger partial charge < -0.3 is 47.7 Å². The Balaban J connectivity index is 1.92. The Labute approximate surface area is 486 Å². The van der Waals surface area contributed by atoms with Crippen molar-refractivity contribution >= 4 is 36.0 Å². The van der Waals surface area contributed by atoms with Crippen molar-refractivity contribution in [2.24, 2.45) is 11.3 Å². The fourth-order valence-electron chi connectivity index (χ4n) is 9.17. The van der Waals surface area contributed by atoms with Crippen LogP contribution in [0.25, 0.3) is 12.2 Å². The molecule has 0 aliphatic heterocycles. The Morgan fingerprint density at radius 1 is 0.494 bits per heavy atom. The normalized spacial score (nSPS) is 12.3. The van der Waals surface area contributed by atoms with Gasteiger partial charge in [0, 0.05) is 35.4 Å². The molecule has 0 saturated carbocycles. The standard InChI is InChI=1S/C67H100O14/c1-10-16-21-26-46-74-58-42-34-52(62(76-48-28-23-18-12-3)64(58)78-50-30-25-20-14-5)36-44-60(70)80-54-39-37-53(38-40-54)79-59(69)43-35-51-33-41-55(63(77-49-29-24-19-13-4)61(51)75-47-27-22-17-11-2)57(32-31-45-68)81-66(72)67(7,8)56(15-6)65(71)73-9/h33-44,56-57,68H,10-32,45-50H2,1-9H3. The summed E-state index contributed by atoms with van der Waals surface area (Å²) in [6.07, 6.45) is 26.3. The first-order valence-corrected chi connectivity index (χ1v) is 30.6. The van der Waals surface area contributed by atoms with E-state index in [-0.39, 0.29) is 24.5 Å². The van der Waals surface area contributed by atoms with E-state index in [2.05, 4.69) is 34.6 Å². The maximum Gasteiger partial charge on any atom is 0.336 e. The van der Waals surface area contributed by atoms with Crippen molar-refractivity contribution in [3.05, 3.63) is 77.4 Å². The van der Waals surface area contributed by atoms with Crippen LogP contribution in [0.5, 0.6) is 40.2 Å². The van der Waals surface area contributed by atoms with Crippen molar-refractivity contribution in [1.82, 2.24) is 0 Å². The summed E-state index contributed by atoms with van der Waals surface area (Å²) in [6, 6.07) is 13.5. The molecule has 0 amide bonds. The number of carbonyl (C=O) groups excluding carboxylic acids is 4. The van der Waals surface area contributed by atoms with Gasteiger partial charge in [-0.15, -0.1) is 0 Å². The zero-order valence-corrected chi connectivity index (χ0v) is 50.8. The summed E-state index contributed by atoms with van der Waals surface area (Å²) in [7, 11) is 1.30. The van der Waals surface area contributed by atoms with Crippen LogP contribution in [0.4, 0.5) is 0 Å². The minimum absolute atomic E-state index is 0.141. The SMILES string of the molecule is CCCCCCOc1ccc(C=CC(=O)Oc2ccc(OC(=O)C=Cc3ccc(C(CCCO)OC(=O)C(C)(C)C(CC)C(=O)OC)c(OCCCCCC)c3OCCCCCC)cc2)c(OCCCCCC)c1OCCCCCC. The molecule has 81 heavy (non-hydrogen) atoms. The zero-order valence-electron chi connectivity index (χ0n) is 50.8. The molecule has 0 aliphatic carbocycles. The molecule has 2 unspecified atom stereocenters. The topological polar surface area (TPSA) is 172 Å². The van der Waals surface area contributed by atoms with Gasteiger partial charge >= 0.3 is 23.9 Å². The van der Waals surface area contributed by atoms with Gasteiger partial charge in [0.15, 0.2) is 23.0 Å². The maximum absolute atomic E-state index is 14.1. The predicted octanol–water partition coefficient (Wildman–Crippen LogP) is 16.3. The smallest absolute Gasteiger partial charge is 0.336 e. The number of methoxy groups -OCH3 is 1. The van der Waals surface area contributed by atoms with Gasteiger partial charge in [-0.1, -0.05) is 150 Å². The lowest BCUT2D eigenvalue weighted by Crippen LogP contribution is -2.40. The zero-order chi connectivity index (χ0) is 59.1. The molecule has 3 aromatic rings. The Morgan fingerprint density at radius 2 is 0.901 bits per heavy atom. The molecule has 452 valence electrons. The van der Waals surface area contributed by atoms with Crippen LogP contribution < -0.4 is 33.2 Å². The highest BCUT2D eigenvalue weighted by Crippen LogP contribution is 2.45. The van der Waals surface area contributed by atoms with Crippen molar-refractivity contribution < 1.29 is 66.9 Å². The van der Waals surface area contributed by atoms with Crippen molar-refractivity contribution in [1.29, 1.82) is 0 Å². The highest BCUT2D eigenvalue weighted by atomic mass is 16.6. The third kappa shape index (κ3) is 25.3. The van der Waals surface area contributed by atoms with Crippen LogP contribution in [-0.4, -0.2) is 75.7 Å². The average molecular weight is 1130 g/mol. The molecule has 0 aromatic heterocycles. The summed E-state index contributed by atoms with van der Waals surface area (Å²) < 4.78 is 55.0. The first-order chi connectivity index (χ1) is 39.3. The predicted molar refractivity (Wildman–Crippen MR) is 322 cm³/mol. The third-order valence-electron chi connectivity index (χ3n) is 14.1. The number of hydrogen-bond acceptors (Lipinski definition) is 14. The van der Waals surface area contributed by atoms with Gasteiger partial charge in [-0.2, -0.15) is 0 Å². The van der Waals surface area contributed by atoms with Crippen LogP contribution in [0, 0.1) is 11.3 Å². The molecule has 2 atom stereocenters. The molecule has 0 saturated heterocycles. The monoisotopic (exact) mass is 1130 g/mol. The van der Waals surface area contributed by atoms with E-state index in [1.807, 2.05) is 19.1 Å². The van der Waals surface area contributed by atoms with Crippen LogP contribution in [-0.2, 0) is 28.7 Å².